The number of aromatic nitrogens is 2. The Labute approximate surface area is 105 Å². The highest BCUT2D eigenvalue weighted by atomic mass is 32.2. The topological polar surface area (TPSA) is 63.1 Å². The second kappa shape index (κ2) is 5.09. The fourth-order valence-corrected chi connectivity index (χ4v) is 1.95. The molecule has 0 amide bonds. The van der Waals surface area contributed by atoms with E-state index in [0.29, 0.717) is 0 Å². The van der Waals surface area contributed by atoms with Crippen molar-refractivity contribution in [1.82, 2.24) is 9.97 Å². The van der Waals surface area contributed by atoms with Gasteiger partial charge in [-0.3, -0.25) is 0 Å². The van der Waals surface area contributed by atoms with Gasteiger partial charge in [-0.15, -0.1) is 0 Å². The highest BCUT2D eigenvalue weighted by Gasteiger charge is 2.10. The molecule has 0 bridgehead atoms. The molecule has 1 N–H and O–H groups in total. The first-order chi connectivity index (χ1) is 8.56. The molecule has 0 aliphatic heterocycles. The Balaban J connectivity index is 2.31. The van der Waals surface area contributed by atoms with Crippen LogP contribution < -0.4 is 0 Å². The number of nitrogens with zero attached hydrogens (tertiary/aromatic N) is 2. The first kappa shape index (κ1) is 12.4. The molecule has 1 heterocycles. The van der Waals surface area contributed by atoms with Crippen LogP contribution in [-0.2, 0) is 0 Å². The number of benzene rings is 1. The van der Waals surface area contributed by atoms with Gasteiger partial charge in [-0.25, -0.2) is 23.5 Å². The van der Waals surface area contributed by atoms with Crippen molar-refractivity contribution >= 4 is 17.7 Å². The standard InChI is InChI=1S/C11H6F2N2O2S/c12-6-1-2-7(13)9(5-6)18-11-14-4-3-8(15-11)10(16)17/h1-5H,(H,16,17). The molecule has 0 fully saturated rings. The summed E-state index contributed by atoms with van der Waals surface area (Å²) in [5.41, 5.74) is -0.204. The number of rotatable bonds is 3. The van der Waals surface area contributed by atoms with Gasteiger partial charge in [0.1, 0.15) is 11.6 Å². The monoisotopic (exact) mass is 268 g/mol. The zero-order valence-corrected chi connectivity index (χ0v) is 9.62. The quantitative estimate of drug-likeness (QED) is 0.867. The number of aromatic carboxylic acids is 1. The fraction of sp³-hybridized carbons (Fsp3) is 0. The lowest BCUT2D eigenvalue weighted by molar-refractivity contribution is 0.0689. The Bertz CT molecular complexity index is 607. The van der Waals surface area contributed by atoms with E-state index >= 15 is 0 Å². The first-order valence-corrected chi connectivity index (χ1v) is 5.57. The van der Waals surface area contributed by atoms with Gasteiger partial charge in [-0.1, -0.05) is 0 Å². The van der Waals surface area contributed by atoms with Crippen molar-refractivity contribution < 1.29 is 18.7 Å². The number of carbonyl (C=O) groups is 1. The molecule has 0 saturated heterocycles. The van der Waals surface area contributed by atoms with Crippen molar-refractivity contribution in [3.05, 3.63) is 47.8 Å². The van der Waals surface area contributed by atoms with Crippen LogP contribution in [0.2, 0.25) is 0 Å². The Morgan fingerprint density at radius 2 is 2.06 bits per heavy atom. The Morgan fingerprint density at radius 1 is 1.28 bits per heavy atom. The second-order valence-electron chi connectivity index (χ2n) is 3.21. The van der Waals surface area contributed by atoms with Crippen molar-refractivity contribution in [3.8, 4) is 0 Å². The van der Waals surface area contributed by atoms with E-state index in [4.69, 9.17) is 5.11 Å². The summed E-state index contributed by atoms with van der Waals surface area (Å²) in [4.78, 5) is 18.2. The molecule has 0 aliphatic rings. The second-order valence-corrected chi connectivity index (χ2v) is 4.22. The lowest BCUT2D eigenvalue weighted by atomic mass is 10.3. The molecule has 7 heteroatoms. The van der Waals surface area contributed by atoms with Crippen molar-refractivity contribution in [2.75, 3.05) is 0 Å². The van der Waals surface area contributed by atoms with E-state index in [2.05, 4.69) is 9.97 Å². The molecule has 0 atom stereocenters. The van der Waals surface area contributed by atoms with Crippen LogP contribution in [0.25, 0.3) is 0 Å². The van der Waals surface area contributed by atoms with Crippen LogP contribution in [0.1, 0.15) is 10.5 Å². The van der Waals surface area contributed by atoms with Gasteiger partial charge in [-0.05, 0) is 36.0 Å². The van der Waals surface area contributed by atoms with Crippen LogP contribution >= 0.6 is 11.8 Å². The molecule has 92 valence electrons. The summed E-state index contributed by atoms with van der Waals surface area (Å²) in [5.74, 6) is -2.42. The third-order valence-corrected chi connectivity index (χ3v) is 2.86. The van der Waals surface area contributed by atoms with Crippen LogP contribution in [0.5, 0.6) is 0 Å². The van der Waals surface area contributed by atoms with Crippen molar-refractivity contribution in [2.45, 2.75) is 10.1 Å². The van der Waals surface area contributed by atoms with Gasteiger partial charge >= 0.3 is 5.97 Å². The average Bonchev–Trinajstić information content (AvgIpc) is 2.34. The van der Waals surface area contributed by atoms with Gasteiger partial charge in [0.05, 0.1) is 4.90 Å². The minimum absolute atomic E-state index is 0.00228. The zero-order chi connectivity index (χ0) is 13.1. The highest BCUT2D eigenvalue weighted by molar-refractivity contribution is 7.99. The summed E-state index contributed by atoms with van der Waals surface area (Å²) in [7, 11) is 0. The fourth-order valence-electron chi connectivity index (χ4n) is 1.16. The SMILES string of the molecule is O=C(O)c1ccnc(Sc2cc(F)ccc2F)n1. The maximum atomic E-state index is 13.4. The van der Waals surface area contributed by atoms with E-state index in [1.807, 2.05) is 0 Å². The van der Waals surface area contributed by atoms with Gasteiger partial charge in [0.2, 0.25) is 0 Å². The molecule has 2 rings (SSSR count). The normalized spacial score (nSPS) is 10.3. The number of hydrogen-bond acceptors (Lipinski definition) is 4. The van der Waals surface area contributed by atoms with Gasteiger partial charge in [0.25, 0.3) is 0 Å². The Morgan fingerprint density at radius 3 is 2.78 bits per heavy atom. The smallest absolute Gasteiger partial charge is 0.354 e. The Hall–Kier alpha value is -2.02. The van der Waals surface area contributed by atoms with Crippen LogP contribution in [-0.4, -0.2) is 21.0 Å². The van der Waals surface area contributed by atoms with Gasteiger partial charge in [0.15, 0.2) is 10.9 Å². The van der Waals surface area contributed by atoms with E-state index in [0.717, 1.165) is 30.0 Å². The molecule has 0 unspecified atom stereocenters. The number of halogens is 2. The van der Waals surface area contributed by atoms with Gasteiger partial charge in [0, 0.05) is 6.20 Å². The predicted octanol–water partition coefficient (Wildman–Crippen LogP) is 2.60. The van der Waals surface area contributed by atoms with Crippen molar-refractivity contribution in [1.29, 1.82) is 0 Å². The summed E-state index contributed by atoms with van der Waals surface area (Å²) >= 11 is 0.759. The van der Waals surface area contributed by atoms with Crippen molar-refractivity contribution in [2.24, 2.45) is 0 Å². The van der Waals surface area contributed by atoms with Gasteiger partial charge in [-0.2, -0.15) is 0 Å². The average molecular weight is 268 g/mol. The number of hydrogen-bond donors (Lipinski definition) is 1. The minimum atomic E-state index is -1.21. The molecule has 0 spiro atoms. The van der Waals surface area contributed by atoms with E-state index in [9.17, 15) is 13.6 Å². The van der Waals surface area contributed by atoms with Gasteiger partial charge < -0.3 is 5.11 Å². The van der Waals surface area contributed by atoms with E-state index in [-0.39, 0.29) is 15.7 Å². The minimum Gasteiger partial charge on any atom is -0.477 e. The molecule has 0 aliphatic carbocycles. The largest absolute Gasteiger partial charge is 0.477 e. The number of carboxylic acids is 1. The van der Waals surface area contributed by atoms with Crippen molar-refractivity contribution in [3.63, 3.8) is 0 Å². The molecule has 2 aromatic rings. The third kappa shape index (κ3) is 2.80. The molecule has 1 aromatic heterocycles. The molecule has 4 nitrogen and oxygen atoms in total. The van der Waals surface area contributed by atoms with E-state index in [1.165, 1.54) is 12.3 Å². The highest BCUT2D eigenvalue weighted by Crippen LogP contribution is 2.27. The summed E-state index contributed by atoms with van der Waals surface area (Å²) in [6.07, 6.45) is 1.25. The molecular weight excluding hydrogens is 262 g/mol. The van der Waals surface area contributed by atoms with Crippen LogP contribution in [0.4, 0.5) is 8.78 Å². The lowest BCUT2D eigenvalue weighted by Gasteiger charge is -2.02. The van der Waals surface area contributed by atoms with Crippen LogP contribution in [0.15, 0.2) is 40.5 Å². The maximum absolute atomic E-state index is 13.4. The van der Waals surface area contributed by atoms with E-state index < -0.39 is 17.6 Å². The number of carboxylic acid groups (broad SMARTS) is 1. The molecule has 0 radical (unpaired) electrons. The lowest BCUT2D eigenvalue weighted by Crippen LogP contribution is -2.01. The third-order valence-electron chi connectivity index (χ3n) is 1.95. The first-order valence-electron chi connectivity index (χ1n) is 4.75. The summed E-state index contributed by atoms with van der Waals surface area (Å²) < 4.78 is 26.3. The predicted molar refractivity (Wildman–Crippen MR) is 59.5 cm³/mol. The Kier molecular flexibility index (Phi) is 3.52. The molecule has 1 aromatic carbocycles. The zero-order valence-electron chi connectivity index (χ0n) is 8.80. The molecular formula is C11H6F2N2O2S. The summed E-state index contributed by atoms with van der Waals surface area (Å²) in [6.45, 7) is 0. The van der Waals surface area contributed by atoms with Crippen LogP contribution in [0.3, 0.4) is 0 Å². The van der Waals surface area contributed by atoms with E-state index in [1.54, 1.807) is 0 Å². The molecule has 0 saturated carbocycles. The molecule has 18 heavy (non-hydrogen) atoms. The summed E-state index contributed by atoms with van der Waals surface area (Å²) in [5, 5.41) is 8.78. The summed E-state index contributed by atoms with van der Waals surface area (Å²) in [6, 6.07) is 4.19. The van der Waals surface area contributed by atoms with Crippen LogP contribution in [0, 0.1) is 11.6 Å². The maximum Gasteiger partial charge on any atom is 0.354 e.